The maximum absolute atomic E-state index is 11.4. The van der Waals surface area contributed by atoms with Crippen LogP contribution in [0.2, 0.25) is 0 Å². The minimum atomic E-state index is -1.39. The Hall–Kier alpha value is -3.08. The van der Waals surface area contributed by atoms with Crippen LogP contribution in [0.4, 0.5) is 10.5 Å². The second-order valence-electron chi connectivity index (χ2n) is 5.77. The third kappa shape index (κ3) is 6.36. The Morgan fingerprint density at radius 3 is 2.58 bits per heavy atom. The van der Waals surface area contributed by atoms with Crippen LogP contribution in [0, 0.1) is 22.0 Å². The second kappa shape index (κ2) is 7.97. The van der Waals surface area contributed by atoms with E-state index in [9.17, 15) is 19.7 Å². The molecule has 8 heteroatoms. The van der Waals surface area contributed by atoms with Crippen molar-refractivity contribution in [3.05, 3.63) is 39.4 Å². The number of amides is 1. The molecule has 0 atom stereocenters. The van der Waals surface area contributed by atoms with E-state index in [0.717, 1.165) is 12.1 Å². The highest BCUT2D eigenvalue weighted by Crippen LogP contribution is 2.19. The lowest BCUT2D eigenvalue weighted by Gasteiger charge is -2.19. The molecule has 0 saturated heterocycles. The number of nitrogens with zero attached hydrogens (tertiary/aromatic N) is 1. The van der Waals surface area contributed by atoms with E-state index in [1.54, 1.807) is 20.8 Å². The van der Waals surface area contributed by atoms with Crippen molar-refractivity contribution >= 4 is 17.7 Å². The number of carbonyl (C=O) groups is 2. The lowest BCUT2D eigenvalue weighted by atomic mass is 10.1. The smallest absolute Gasteiger partial charge is 0.407 e. The quantitative estimate of drug-likeness (QED) is 0.378. The van der Waals surface area contributed by atoms with Gasteiger partial charge < -0.3 is 15.2 Å². The molecule has 0 aliphatic carbocycles. The molecule has 1 rings (SSSR count). The van der Waals surface area contributed by atoms with Crippen molar-refractivity contribution in [3.8, 4) is 11.8 Å². The molecule has 24 heavy (non-hydrogen) atoms. The number of hydrogen-bond donors (Lipinski definition) is 2. The highest BCUT2D eigenvalue weighted by molar-refractivity contribution is 5.92. The van der Waals surface area contributed by atoms with Gasteiger partial charge in [-0.3, -0.25) is 10.1 Å². The van der Waals surface area contributed by atoms with Gasteiger partial charge in [-0.05, 0) is 32.9 Å². The van der Waals surface area contributed by atoms with Crippen LogP contribution in [0.1, 0.15) is 43.1 Å². The highest BCUT2D eigenvalue weighted by Gasteiger charge is 2.19. The third-order valence-electron chi connectivity index (χ3n) is 2.57. The first-order chi connectivity index (χ1) is 11.1. The standard InChI is InChI=1S/C16H18N2O6/c1-16(2,3)24-15(21)17-9-5-4-6-11-7-8-13(18(22)23)12(10-11)14(19)20/h7-8,10H,5,9H2,1-3H3,(H,17,21)(H,19,20). The van der Waals surface area contributed by atoms with Gasteiger partial charge in [-0.15, -0.1) is 0 Å². The van der Waals surface area contributed by atoms with Gasteiger partial charge in [-0.25, -0.2) is 9.59 Å². The molecule has 0 bridgehead atoms. The molecule has 0 saturated carbocycles. The number of alkyl carbamates (subject to hydrolysis) is 1. The zero-order valence-electron chi connectivity index (χ0n) is 13.6. The fourth-order valence-corrected chi connectivity index (χ4v) is 1.65. The number of hydrogen-bond acceptors (Lipinski definition) is 5. The largest absolute Gasteiger partial charge is 0.477 e. The fourth-order valence-electron chi connectivity index (χ4n) is 1.65. The predicted molar refractivity (Wildman–Crippen MR) is 85.8 cm³/mol. The number of aromatic carboxylic acids is 1. The van der Waals surface area contributed by atoms with Crippen molar-refractivity contribution in [2.45, 2.75) is 32.8 Å². The maximum Gasteiger partial charge on any atom is 0.407 e. The topological polar surface area (TPSA) is 119 Å². The van der Waals surface area contributed by atoms with Gasteiger partial charge in [-0.1, -0.05) is 11.8 Å². The van der Waals surface area contributed by atoms with Crippen LogP contribution >= 0.6 is 0 Å². The van der Waals surface area contributed by atoms with Gasteiger partial charge in [0.05, 0.1) is 4.92 Å². The van der Waals surface area contributed by atoms with Crippen LogP contribution in [0.5, 0.6) is 0 Å². The van der Waals surface area contributed by atoms with Crippen LogP contribution < -0.4 is 5.32 Å². The van der Waals surface area contributed by atoms with Crippen molar-refractivity contribution in [1.29, 1.82) is 0 Å². The van der Waals surface area contributed by atoms with E-state index in [1.165, 1.54) is 6.07 Å². The van der Waals surface area contributed by atoms with Gasteiger partial charge in [0.1, 0.15) is 11.2 Å². The van der Waals surface area contributed by atoms with Crippen molar-refractivity contribution in [2.24, 2.45) is 0 Å². The molecular formula is C16H18N2O6. The van der Waals surface area contributed by atoms with Gasteiger partial charge in [0.15, 0.2) is 0 Å². The van der Waals surface area contributed by atoms with Crippen LogP contribution in [-0.2, 0) is 4.74 Å². The number of carboxylic acids is 1. The van der Waals surface area contributed by atoms with Gasteiger partial charge in [0, 0.05) is 24.6 Å². The number of rotatable bonds is 4. The lowest BCUT2D eigenvalue weighted by molar-refractivity contribution is -0.385. The molecule has 0 heterocycles. The first-order valence-electron chi connectivity index (χ1n) is 7.07. The molecule has 2 N–H and O–H groups in total. The molecule has 0 aliphatic rings. The predicted octanol–water partition coefficient (Wildman–Crippen LogP) is 2.56. The van der Waals surface area contributed by atoms with Crippen LogP contribution in [0.3, 0.4) is 0 Å². The maximum atomic E-state index is 11.4. The number of benzene rings is 1. The summed E-state index contributed by atoms with van der Waals surface area (Å²) in [5.74, 6) is 4.06. The second-order valence-corrected chi connectivity index (χ2v) is 5.77. The number of nitro groups is 1. The van der Waals surface area contributed by atoms with Crippen molar-refractivity contribution < 1.29 is 24.4 Å². The van der Waals surface area contributed by atoms with Crippen molar-refractivity contribution in [2.75, 3.05) is 6.54 Å². The normalized spacial score (nSPS) is 10.3. The van der Waals surface area contributed by atoms with Gasteiger partial charge in [-0.2, -0.15) is 0 Å². The van der Waals surface area contributed by atoms with Crippen molar-refractivity contribution in [1.82, 2.24) is 5.32 Å². The molecule has 0 aliphatic heterocycles. The minimum Gasteiger partial charge on any atom is -0.477 e. The number of nitro benzene ring substituents is 1. The number of carbonyl (C=O) groups excluding carboxylic acids is 1. The average Bonchev–Trinajstić information content (AvgIpc) is 2.44. The molecule has 0 unspecified atom stereocenters. The molecule has 1 amide bonds. The molecular weight excluding hydrogens is 316 g/mol. The molecule has 0 aromatic heterocycles. The van der Waals surface area contributed by atoms with Gasteiger partial charge in [0.2, 0.25) is 0 Å². The van der Waals surface area contributed by atoms with Crippen molar-refractivity contribution in [3.63, 3.8) is 0 Å². The monoisotopic (exact) mass is 334 g/mol. The average molecular weight is 334 g/mol. The van der Waals surface area contributed by atoms with E-state index in [0.29, 0.717) is 12.0 Å². The number of nitrogens with one attached hydrogen (secondary N) is 1. The summed E-state index contributed by atoms with van der Waals surface area (Å²) in [4.78, 5) is 32.4. The minimum absolute atomic E-state index is 0.265. The van der Waals surface area contributed by atoms with Gasteiger partial charge in [0.25, 0.3) is 5.69 Å². The molecule has 1 aromatic rings. The van der Waals surface area contributed by atoms with E-state index < -0.39 is 33.8 Å². The van der Waals surface area contributed by atoms with E-state index in [1.807, 2.05) is 0 Å². The SMILES string of the molecule is CC(C)(C)OC(=O)NCCC#Cc1ccc([N+](=O)[O-])c(C(=O)O)c1. The van der Waals surface area contributed by atoms with Gasteiger partial charge >= 0.3 is 12.1 Å². The zero-order valence-corrected chi connectivity index (χ0v) is 13.6. The van der Waals surface area contributed by atoms with E-state index in [2.05, 4.69) is 17.2 Å². The first-order valence-corrected chi connectivity index (χ1v) is 7.07. The summed E-state index contributed by atoms with van der Waals surface area (Å²) < 4.78 is 5.05. The number of ether oxygens (including phenoxy) is 1. The number of carboxylic acid groups (broad SMARTS) is 1. The van der Waals surface area contributed by atoms with Crippen LogP contribution in [0.25, 0.3) is 0 Å². The summed E-state index contributed by atoms with van der Waals surface area (Å²) in [5.41, 5.74) is -1.14. The fraction of sp³-hybridized carbons (Fsp3) is 0.375. The Labute approximate surface area is 139 Å². The summed E-state index contributed by atoms with van der Waals surface area (Å²) in [6.45, 7) is 5.52. The summed E-state index contributed by atoms with van der Waals surface area (Å²) in [5, 5.41) is 22.3. The van der Waals surface area contributed by atoms with E-state index in [4.69, 9.17) is 9.84 Å². The Balaban J connectivity index is 2.64. The van der Waals surface area contributed by atoms with Crippen LogP contribution in [0.15, 0.2) is 18.2 Å². The van der Waals surface area contributed by atoms with Crippen LogP contribution in [-0.4, -0.2) is 34.2 Å². The molecule has 128 valence electrons. The Kier molecular flexibility index (Phi) is 6.30. The summed E-state index contributed by atoms with van der Waals surface area (Å²) in [6, 6.07) is 3.63. The van der Waals surface area contributed by atoms with E-state index in [-0.39, 0.29) is 6.54 Å². The molecule has 0 radical (unpaired) electrons. The summed E-state index contributed by atoms with van der Waals surface area (Å²) in [7, 11) is 0. The molecule has 0 fully saturated rings. The zero-order chi connectivity index (χ0) is 18.3. The molecule has 0 spiro atoms. The molecule has 8 nitrogen and oxygen atoms in total. The Morgan fingerprint density at radius 2 is 2.04 bits per heavy atom. The highest BCUT2D eigenvalue weighted by atomic mass is 16.6. The Bertz CT molecular complexity index is 710. The summed E-state index contributed by atoms with van der Waals surface area (Å²) >= 11 is 0. The Morgan fingerprint density at radius 1 is 1.38 bits per heavy atom. The molecule has 1 aromatic carbocycles. The van der Waals surface area contributed by atoms with E-state index >= 15 is 0 Å². The summed E-state index contributed by atoms with van der Waals surface area (Å²) in [6.07, 6.45) is -0.230. The first kappa shape index (κ1) is 19.0. The third-order valence-corrected chi connectivity index (χ3v) is 2.57. The lowest BCUT2D eigenvalue weighted by Crippen LogP contribution is -2.32.